The molecule has 0 spiro atoms. The molecular formula is C52H79N5O12. The minimum Gasteiger partial charge on any atom is -0.460 e. The molecule has 15 atom stereocenters. The van der Waals surface area contributed by atoms with E-state index in [4.69, 9.17) is 14.2 Å². The van der Waals surface area contributed by atoms with Crippen LogP contribution in [-0.4, -0.2) is 138 Å². The van der Waals surface area contributed by atoms with Gasteiger partial charge >= 0.3 is 5.97 Å². The lowest BCUT2D eigenvalue weighted by molar-refractivity contribution is -0.265. The fraction of sp³-hybridized carbons (Fsp3) is 0.731. The molecule has 5 rings (SSSR count). The standard InChI is InChI=1S/C52H79N5O12/c1-31-14-10-9-11-15-32(2)45(67-8)26-40-19-17-37(7)52(66,69-40)49(63)50(64)56-21-13-12-16-43(56)51(65)68-46(34(4)24-38-18-20-42(39(25-38)28-58)57-30-53-54-55-57)27-44(60)33(3)23-36(6)48(62)41(29-59)47(61)35(5)22-31/h9-11,14-15,23,30-31,34-43,45-46,48,58-59,62,66H,12-13,16-22,24-29H2,1-8H3/b11-9?,14-10?,32-15?,33-23+/t31-,34-,35-,36?,37-,38+,39+,40+,41+,42+,43+,45+,46+,48-,52-/m1/s1. The number of piperidine rings is 1. The van der Waals surface area contributed by atoms with Gasteiger partial charge in [0.1, 0.15) is 24.3 Å². The van der Waals surface area contributed by atoms with Crippen molar-refractivity contribution in [1.82, 2.24) is 25.1 Å². The Morgan fingerprint density at radius 1 is 0.928 bits per heavy atom. The summed E-state index contributed by atoms with van der Waals surface area (Å²) in [6.45, 7) is 11.9. The van der Waals surface area contributed by atoms with Crippen LogP contribution in [0.1, 0.15) is 132 Å². The average molecular weight is 966 g/mol. The van der Waals surface area contributed by atoms with E-state index >= 15 is 0 Å². The maximum Gasteiger partial charge on any atom is 0.329 e. The van der Waals surface area contributed by atoms with Crippen molar-refractivity contribution >= 4 is 29.2 Å². The number of allylic oxidation sites excluding steroid dienone is 6. The Hall–Kier alpha value is -4.26. The Morgan fingerprint density at radius 2 is 1.68 bits per heavy atom. The molecule has 4 heterocycles. The van der Waals surface area contributed by atoms with Crippen LogP contribution in [0.4, 0.5) is 0 Å². The normalized spacial score (nSPS) is 37.1. The first kappa shape index (κ1) is 55.7. The molecule has 1 saturated carbocycles. The van der Waals surface area contributed by atoms with Crippen LogP contribution in [0.3, 0.4) is 0 Å². The number of carbonyl (C=O) groups is 5. The number of aliphatic hydroxyl groups is 4. The van der Waals surface area contributed by atoms with Gasteiger partial charge in [-0.05, 0) is 117 Å². The van der Waals surface area contributed by atoms with Crippen LogP contribution in [0.15, 0.2) is 53.9 Å². The number of amides is 1. The third kappa shape index (κ3) is 14.2. The predicted octanol–water partition coefficient (Wildman–Crippen LogP) is 5.23. The van der Waals surface area contributed by atoms with Crippen LogP contribution in [-0.2, 0) is 38.2 Å². The smallest absolute Gasteiger partial charge is 0.329 e. The Kier molecular flexibility index (Phi) is 20.8. The van der Waals surface area contributed by atoms with E-state index in [1.165, 1.54) is 4.90 Å². The van der Waals surface area contributed by atoms with E-state index in [1.54, 1.807) is 51.9 Å². The van der Waals surface area contributed by atoms with Crippen molar-refractivity contribution in [2.75, 3.05) is 26.9 Å². The molecule has 1 amide bonds. The fourth-order valence-electron chi connectivity index (χ4n) is 11.0. The van der Waals surface area contributed by atoms with Gasteiger partial charge in [-0.15, -0.1) is 5.10 Å². The topological polar surface area (TPSA) is 241 Å². The van der Waals surface area contributed by atoms with Gasteiger partial charge in [0.2, 0.25) is 5.79 Å². The maximum atomic E-state index is 14.5. The third-order valence-corrected chi connectivity index (χ3v) is 15.4. The molecule has 1 unspecified atom stereocenters. The number of nitrogens with zero attached hydrogens (tertiary/aromatic N) is 5. The number of cyclic esters (lactones) is 1. The van der Waals surface area contributed by atoms with Crippen molar-refractivity contribution in [3.8, 4) is 0 Å². The number of tetrazole rings is 1. The molecule has 4 N–H and O–H groups in total. The van der Waals surface area contributed by atoms with Gasteiger partial charge in [-0.25, -0.2) is 9.48 Å². The highest BCUT2D eigenvalue weighted by molar-refractivity contribution is 6.39. The van der Waals surface area contributed by atoms with Crippen LogP contribution in [0.2, 0.25) is 0 Å². The highest BCUT2D eigenvalue weighted by Gasteiger charge is 2.53. The molecule has 384 valence electrons. The molecule has 1 aromatic rings. The zero-order valence-electron chi connectivity index (χ0n) is 42.0. The minimum absolute atomic E-state index is 0.0113. The molecule has 1 aromatic heterocycles. The SMILES string of the molecule is CO[C@H]1C[C@@H]2CC[C@@H](C)[C@@](O)(O2)C(=O)C(=O)N2CCCC[C@H]2C(=O)O[C@H]([C@H](C)C[C@@H]2CC[C@H](n3cnnn3)[C@H](CO)C2)CC(=O)/C(C)=C/C(C)[C@@H](O)[C@@H](CO)C(=O)[C@H](C)C[C@H](C)C=CC=CC=C1C. The van der Waals surface area contributed by atoms with Gasteiger partial charge < -0.3 is 39.5 Å². The number of carbonyl (C=O) groups excluding carboxylic acids is 5. The zero-order chi connectivity index (χ0) is 50.6. The average Bonchev–Trinajstić information content (AvgIpc) is 3.88. The van der Waals surface area contributed by atoms with Gasteiger partial charge in [-0.1, -0.05) is 71.1 Å². The largest absolute Gasteiger partial charge is 0.460 e. The molecule has 17 nitrogen and oxygen atoms in total. The number of ketones is 3. The first-order chi connectivity index (χ1) is 32.8. The Morgan fingerprint density at radius 3 is 2.36 bits per heavy atom. The lowest BCUT2D eigenvalue weighted by atomic mass is 9.74. The number of ether oxygens (including phenoxy) is 3. The molecule has 0 radical (unpaired) electrons. The number of fused-ring (bicyclic) bond motifs is 3. The number of rotatable bonds is 7. The molecule has 0 aromatic carbocycles. The number of esters is 1. The third-order valence-electron chi connectivity index (χ3n) is 15.4. The lowest BCUT2D eigenvalue weighted by Crippen LogP contribution is -2.61. The number of aliphatic hydroxyl groups excluding tert-OH is 3. The van der Waals surface area contributed by atoms with Crippen LogP contribution in [0, 0.1) is 47.3 Å². The van der Waals surface area contributed by atoms with Crippen molar-refractivity contribution in [3.63, 3.8) is 0 Å². The number of methoxy groups -OCH3 is 1. The molecule has 1 aliphatic carbocycles. The summed E-state index contributed by atoms with van der Waals surface area (Å²) in [7, 11) is 1.57. The molecular weight excluding hydrogens is 887 g/mol. The van der Waals surface area contributed by atoms with Gasteiger partial charge in [0.25, 0.3) is 11.7 Å². The van der Waals surface area contributed by atoms with Crippen LogP contribution in [0.5, 0.6) is 0 Å². The van der Waals surface area contributed by atoms with E-state index in [-0.39, 0.29) is 72.8 Å². The molecule has 3 aliphatic heterocycles. The van der Waals surface area contributed by atoms with E-state index in [1.807, 2.05) is 51.2 Å². The van der Waals surface area contributed by atoms with E-state index in [0.717, 1.165) is 12.0 Å². The van der Waals surface area contributed by atoms with Crippen LogP contribution in [0.25, 0.3) is 0 Å². The van der Waals surface area contributed by atoms with Gasteiger partial charge in [-0.3, -0.25) is 19.2 Å². The second-order valence-electron chi connectivity index (χ2n) is 20.7. The van der Waals surface area contributed by atoms with E-state index in [2.05, 4.69) is 15.5 Å². The highest BCUT2D eigenvalue weighted by Crippen LogP contribution is 2.41. The quantitative estimate of drug-likeness (QED) is 0.202. The monoisotopic (exact) mass is 966 g/mol. The second-order valence-corrected chi connectivity index (χ2v) is 20.7. The molecule has 3 fully saturated rings. The molecule has 4 aliphatic rings. The van der Waals surface area contributed by atoms with Crippen LogP contribution >= 0.6 is 0 Å². The molecule has 17 heteroatoms. The van der Waals surface area contributed by atoms with Crippen molar-refractivity contribution < 1.29 is 58.6 Å². The van der Waals surface area contributed by atoms with Crippen molar-refractivity contribution in [1.29, 1.82) is 0 Å². The van der Waals surface area contributed by atoms with Gasteiger partial charge in [0, 0.05) is 56.8 Å². The Bertz CT molecular complexity index is 2020. The molecule has 2 bridgehead atoms. The van der Waals surface area contributed by atoms with Crippen molar-refractivity contribution in [2.24, 2.45) is 47.3 Å². The van der Waals surface area contributed by atoms with Crippen molar-refractivity contribution in [3.05, 3.63) is 53.9 Å². The predicted molar refractivity (Wildman–Crippen MR) is 256 cm³/mol. The summed E-state index contributed by atoms with van der Waals surface area (Å²) in [6, 6.07) is -1.26. The lowest BCUT2D eigenvalue weighted by Gasteiger charge is -2.42. The summed E-state index contributed by atoms with van der Waals surface area (Å²) in [6.07, 6.45) is 14.7. The maximum absolute atomic E-state index is 14.5. The highest BCUT2D eigenvalue weighted by atomic mass is 16.6. The summed E-state index contributed by atoms with van der Waals surface area (Å²) < 4.78 is 20.0. The molecule has 69 heavy (non-hydrogen) atoms. The second kappa shape index (κ2) is 25.7. The van der Waals surface area contributed by atoms with E-state index < -0.39 is 84.2 Å². The van der Waals surface area contributed by atoms with Gasteiger partial charge in [-0.2, -0.15) is 0 Å². The first-order valence-corrected chi connectivity index (χ1v) is 25.2. The van der Waals surface area contributed by atoms with Gasteiger partial charge in [0.15, 0.2) is 5.78 Å². The van der Waals surface area contributed by atoms with Gasteiger partial charge in [0.05, 0.1) is 36.9 Å². The fourth-order valence-corrected chi connectivity index (χ4v) is 11.0. The summed E-state index contributed by atoms with van der Waals surface area (Å²) >= 11 is 0. The van der Waals surface area contributed by atoms with E-state index in [0.29, 0.717) is 57.8 Å². The number of hydrogen-bond donors (Lipinski definition) is 4. The summed E-state index contributed by atoms with van der Waals surface area (Å²) in [5.41, 5.74) is 1.14. The first-order valence-electron chi connectivity index (χ1n) is 25.2. The minimum atomic E-state index is -2.45. The van der Waals surface area contributed by atoms with Crippen molar-refractivity contribution in [2.45, 2.75) is 168 Å². The Balaban J connectivity index is 1.46. The number of hydrogen-bond acceptors (Lipinski definition) is 15. The number of aromatic nitrogens is 4. The summed E-state index contributed by atoms with van der Waals surface area (Å²) in [4.78, 5) is 72.1. The molecule has 2 saturated heterocycles. The zero-order valence-corrected chi connectivity index (χ0v) is 42.0. The summed E-state index contributed by atoms with van der Waals surface area (Å²) in [5, 5.41) is 55.9. The summed E-state index contributed by atoms with van der Waals surface area (Å²) in [5.74, 6) is -9.47. The number of Topliss-reactive ketones (excluding diaryl/α,β-unsaturated/α-hetero) is 3. The van der Waals surface area contributed by atoms with E-state index in [9.17, 15) is 44.4 Å². The Labute approximate surface area is 407 Å². The van der Waals surface area contributed by atoms with Crippen LogP contribution < -0.4 is 0 Å².